The van der Waals surface area contributed by atoms with E-state index >= 15 is 0 Å². The number of nitrogens with one attached hydrogen (secondary N) is 1. The summed E-state index contributed by atoms with van der Waals surface area (Å²) in [4.78, 5) is 12.4. The molecular weight excluding hydrogens is 314 g/mol. The molecule has 1 N–H and O–H groups in total. The minimum atomic E-state index is -0.198. The molecule has 0 aliphatic heterocycles. The molecule has 1 heterocycles. The predicted molar refractivity (Wildman–Crippen MR) is 88.0 cm³/mol. The monoisotopic (exact) mass is 327 g/mol. The second-order valence-electron chi connectivity index (χ2n) is 5.17. The third-order valence-electron chi connectivity index (χ3n) is 3.48. The number of halogens is 1. The summed E-state index contributed by atoms with van der Waals surface area (Å²) < 4.78 is 1.55. The molecule has 23 heavy (non-hydrogen) atoms. The highest BCUT2D eigenvalue weighted by molar-refractivity contribution is 6.31. The molecule has 0 saturated carbocycles. The highest BCUT2D eigenvalue weighted by Crippen LogP contribution is 2.21. The van der Waals surface area contributed by atoms with Gasteiger partial charge < -0.3 is 5.32 Å². The van der Waals surface area contributed by atoms with Crippen molar-refractivity contribution in [3.05, 3.63) is 64.4 Å². The van der Waals surface area contributed by atoms with Crippen molar-refractivity contribution in [2.75, 3.05) is 5.32 Å². The van der Waals surface area contributed by atoms with Gasteiger partial charge in [-0.15, -0.1) is 5.10 Å². The second kappa shape index (κ2) is 6.18. The second-order valence-corrected chi connectivity index (χ2v) is 5.58. The molecule has 116 valence electrons. The van der Waals surface area contributed by atoms with Gasteiger partial charge >= 0.3 is 0 Å². The molecule has 1 aromatic heterocycles. The fraction of sp³-hybridized carbons (Fsp3) is 0.125. The van der Waals surface area contributed by atoms with Crippen LogP contribution in [0.15, 0.2) is 42.7 Å². The van der Waals surface area contributed by atoms with Gasteiger partial charge in [-0.2, -0.15) is 0 Å². The van der Waals surface area contributed by atoms with Crippen LogP contribution in [0.2, 0.25) is 5.02 Å². The third-order valence-corrected chi connectivity index (χ3v) is 3.89. The topological polar surface area (TPSA) is 72.7 Å². The van der Waals surface area contributed by atoms with Gasteiger partial charge in [0.2, 0.25) is 0 Å². The summed E-state index contributed by atoms with van der Waals surface area (Å²) in [6.45, 7) is 3.81. The maximum absolute atomic E-state index is 12.4. The minimum absolute atomic E-state index is 0.198. The maximum Gasteiger partial charge on any atom is 0.255 e. The molecule has 0 saturated heterocycles. The van der Waals surface area contributed by atoms with E-state index < -0.39 is 0 Å². The van der Waals surface area contributed by atoms with Gasteiger partial charge in [-0.05, 0) is 65.7 Å². The Morgan fingerprint density at radius 1 is 1.13 bits per heavy atom. The van der Waals surface area contributed by atoms with Crippen molar-refractivity contribution >= 4 is 23.2 Å². The molecule has 0 bridgehead atoms. The molecule has 0 spiro atoms. The van der Waals surface area contributed by atoms with Gasteiger partial charge in [-0.25, -0.2) is 4.68 Å². The average Bonchev–Trinajstić information content (AvgIpc) is 3.05. The zero-order valence-corrected chi connectivity index (χ0v) is 13.4. The van der Waals surface area contributed by atoms with Gasteiger partial charge in [0.25, 0.3) is 5.91 Å². The van der Waals surface area contributed by atoms with Crippen molar-refractivity contribution in [3.8, 4) is 5.69 Å². The average molecular weight is 328 g/mol. The molecular formula is C16H14ClN5O. The lowest BCUT2D eigenvalue weighted by atomic mass is 10.1. The molecule has 0 aliphatic rings. The third kappa shape index (κ3) is 3.22. The highest BCUT2D eigenvalue weighted by atomic mass is 35.5. The van der Waals surface area contributed by atoms with Crippen LogP contribution in [0.5, 0.6) is 0 Å². The summed E-state index contributed by atoms with van der Waals surface area (Å²) in [6, 6.07) is 10.8. The van der Waals surface area contributed by atoms with E-state index in [1.807, 2.05) is 32.0 Å². The number of benzene rings is 2. The lowest BCUT2D eigenvalue weighted by molar-refractivity contribution is 0.102. The lowest BCUT2D eigenvalue weighted by Gasteiger charge is -2.09. The molecule has 0 fully saturated rings. The van der Waals surface area contributed by atoms with Crippen LogP contribution in [0.3, 0.4) is 0 Å². The van der Waals surface area contributed by atoms with E-state index in [9.17, 15) is 4.79 Å². The molecule has 6 nitrogen and oxygen atoms in total. The number of carbonyl (C=O) groups excluding carboxylic acids is 1. The molecule has 1 amide bonds. The molecule has 0 atom stereocenters. The van der Waals surface area contributed by atoms with Crippen LogP contribution in [0.25, 0.3) is 5.69 Å². The summed E-state index contributed by atoms with van der Waals surface area (Å²) in [6.07, 6.45) is 1.51. The first-order valence-corrected chi connectivity index (χ1v) is 7.34. The van der Waals surface area contributed by atoms with E-state index in [2.05, 4.69) is 20.8 Å². The van der Waals surface area contributed by atoms with Gasteiger partial charge in [-0.1, -0.05) is 17.7 Å². The molecule has 0 aliphatic carbocycles. The van der Waals surface area contributed by atoms with Crippen LogP contribution in [0, 0.1) is 13.8 Å². The summed E-state index contributed by atoms with van der Waals surface area (Å²) >= 11 is 6.07. The summed E-state index contributed by atoms with van der Waals surface area (Å²) in [7, 11) is 0. The first kappa shape index (κ1) is 15.2. The Morgan fingerprint density at radius 2 is 1.96 bits per heavy atom. The summed E-state index contributed by atoms with van der Waals surface area (Å²) in [5, 5.41) is 14.5. The number of rotatable bonds is 3. The number of tetrazole rings is 1. The number of aromatic nitrogens is 4. The molecule has 7 heteroatoms. The molecule has 3 aromatic rings. The summed E-state index contributed by atoms with van der Waals surface area (Å²) in [5.41, 5.74) is 3.90. The minimum Gasteiger partial charge on any atom is -0.322 e. The number of carbonyl (C=O) groups is 1. The van der Waals surface area contributed by atoms with Crippen LogP contribution >= 0.6 is 11.6 Å². The van der Waals surface area contributed by atoms with E-state index in [1.54, 1.807) is 22.9 Å². The SMILES string of the molecule is Cc1ccc(NC(=O)c2ccc(-n3cnnn3)c(C)c2)cc1Cl. The van der Waals surface area contributed by atoms with Crippen molar-refractivity contribution < 1.29 is 4.79 Å². The molecule has 3 rings (SSSR count). The van der Waals surface area contributed by atoms with Gasteiger partial charge in [0.1, 0.15) is 6.33 Å². The normalized spacial score (nSPS) is 10.6. The quantitative estimate of drug-likeness (QED) is 0.802. The molecule has 0 radical (unpaired) electrons. The Hall–Kier alpha value is -2.73. The van der Waals surface area contributed by atoms with E-state index in [4.69, 9.17) is 11.6 Å². The van der Waals surface area contributed by atoms with Crippen LogP contribution in [0.1, 0.15) is 21.5 Å². The fourth-order valence-corrected chi connectivity index (χ4v) is 2.38. The summed E-state index contributed by atoms with van der Waals surface area (Å²) in [5.74, 6) is -0.198. The first-order valence-electron chi connectivity index (χ1n) is 6.96. The zero-order valence-electron chi connectivity index (χ0n) is 12.6. The number of anilines is 1. The Labute approximate surface area is 138 Å². The standard InChI is InChI=1S/C16H14ClN5O/c1-10-3-5-13(8-14(10)17)19-16(23)12-4-6-15(11(2)7-12)22-9-18-20-21-22/h3-9H,1-2H3,(H,19,23). The fourth-order valence-electron chi connectivity index (χ4n) is 2.20. The number of amides is 1. The van der Waals surface area contributed by atoms with Crippen molar-refractivity contribution in [3.63, 3.8) is 0 Å². The number of hydrogen-bond acceptors (Lipinski definition) is 4. The Bertz CT molecular complexity index is 861. The largest absolute Gasteiger partial charge is 0.322 e. The number of hydrogen-bond donors (Lipinski definition) is 1. The van der Waals surface area contributed by atoms with Crippen LogP contribution in [-0.4, -0.2) is 26.1 Å². The Balaban J connectivity index is 1.82. The van der Waals surface area contributed by atoms with Crippen LogP contribution in [0.4, 0.5) is 5.69 Å². The Morgan fingerprint density at radius 3 is 2.61 bits per heavy atom. The number of aryl methyl sites for hydroxylation is 2. The van der Waals surface area contributed by atoms with Crippen molar-refractivity contribution in [1.82, 2.24) is 20.2 Å². The van der Waals surface area contributed by atoms with Crippen LogP contribution in [-0.2, 0) is 0 Å². The van der Waals surface area contributed by atoms with Gasteiger partial charge in [-0.3, -0.25) is 4.79 Å². The first-order chi connectivity index (χ1) is 11.0. The van der Waals surface area contributed by atoms with Crippen LogP contribution < -0.4 is 5.32 Å². The van der Waals surface area contributed by atoms with E-state index in [0.29, 0.717) is 16.3 Å². The Kier molecular flexibility index (Phi) is 4.08. The lowest BCUT2D eigenvalue weighted by Crippen LogP contribution is -2.12. The molecule has 2 aromatic carbocycles. The predicted octanol–water partition coefficient (Wildman–Crippen LogP) is 3.18. The van der Waals surface area contributed by atoms with Gasteiger partial charge in [0, 0.05) is 16.3 Å². The smallest absolute Gasteiger partial charge is 0.255 e. The van der Waals surface area contributed by atoms with E-state index in [-0.39, 0.29) is 5.91 Å². The van der Waals surface area contributed by atoms with Gasteiger partial charge in [0.05, 0.1) is 5.69 Å². The van der Waals surface area contributed by atoms with E-state index in [1.165, 1.54) is 6.33 Å². The highest BCUT2D eigenvalue weighted by Gasteiger charge is 2.10. The van der Waals surface area contributed by atoms with E-state index in [0.717, 1.165) is 16.8 Å². The number of nitrogens with zero attached hydrogens (tertiary/aromatic N) is 4. The van der Waals surface area contributed by atoms with Gasteiger partial charge in [0.15, 0.2) is 0 Å². The zero-order chi connectivity index (χ0) is 16.4. The maximum atomic E-state index is 12.4. The van der Waals surface area contributed by atoms with Crippen molar-refractivity contribution in [2.24, 2.45) is 0 Å². The molecule has 0 unspecified atom stereocenters. The van der Waals surface area contributed by atoms with Crippen molar-refractivity contribution in [1.29, 1.82) is 0 Å². The van der Waals surface area contributed by atoms with Crippen molar-refractivity contribution in [2.45, 2.75) is 13.8 Å².